The fraction of sp³-hybridized carbons (Fsp3) is 0.550. The minimum atomic E-state index is -1.61. The largest absolute Gasteiger partial charge is 0.479 e. The number of nitrogens with two attached hydrogens (primary N) is 2. The van der Waals surface area contributed by atoms with Crippen LogP contribution in [0, 0.1) is 17.5 Å². The molecule has 0 radical (unpaired) electrons. The standard InChI is InChI=1S/C18H22F3N3O5.C2H6/c1-18(2)27-7-14-16(29-18)12(5-13(28-14)17(25)26)24(23)6-11(22)8-3-9(19)15(21)10(20)4-8;1-2/h3-4,6,12-14,16H,5,7,22-23H2,1-2H3,(H,25,26);1-2H3/b11-6-;. The van der Waals surface area contributed by atoms with Crippen LogP contribution in [-0.2, 0) is 19.0 Å². The number of benzene rings is 1. The Morgan fingerprint density at radius 2 is 1.84 bits per heavy atom. The molecule has 3 rings (SSSR count). The van der Waals surface area contributed by atoms with Crippen LogP contribution in [0.25, 0.3) is 5.70 Å². The van der Waals surface area contributed by atoms with Gasteiger partial charge < -0.3 is 30.1 Å². The third kappa shape index (κ3) is 5.67. The number of aliphatic carboxylic acids is 1. The summed E-state index contributed by atoms with van der Waals surface area (Å²) in [5, 5.41) is 10.5. The lowest BCUT2D eigenvalue weighted by atomic mass is 9.93. The van der Waals surface area contributed by atoms with Crippen molar-refractivity contribution in [1.82, 2.24) is 5.01 Å². The highest BCUT2D eigenvalue weighted by molar-refractivity contribution is 5.72. The molecule has 0 amide bonds. The summed E-state index contributed by atoms with van der Waals surface area (Å²) >= 11 is 0. The second-order valence-electron chi connectivity index (χ2n) is 7.38. The van der Waals surface area contributed by atoms with Crippen LogP contribution in [-0.4, -0.2) is 52.8 Å². The number of fused-ring (bicyclic) bond motifs is 1. The molecule has 1 aromatic rings. The molecule has 0 aliphatic carbocycles. The van der Waals surface area contributed by atoms with E-state index in [1.165, 1.54) is 6.20 Å². The molecule has 2 saturated heterocycles. The molecule has 1 aromatic carbocycles. The Morgan fingerprint density at radius 3 is 2.39 bits per heavy atom. The number of carboxylic acids is 1. The van der Waals surface area contributed by atoms with Gasteiger partial charge in [0.1, 0.15) is 12.2 Å². The maximum absolute atomic E-state index is 13.5. The van der Waals surface area contributed by atoms with Crippen LogP contribution in [0.15, 0.2) is 18.3 Å². The zero-order chi connectivity index (χ0) is 23.5. The molecular formula is C20H28F3N3O5. The molecule has 0 spiro atoms. The fourth-order valence-corrected chi connectivity index (χ4v) is 3.38. The Balaban J connectivity index is 0.00000166. The summed E-state index contributed by atoms with van der Waals surface area (Å²) in [6, 6.07) is 0.782. The number of halogens is 3. The van der Waals surface area contributed by atoms with Gasteiger partial charge in [-0.25, -0.2) is 23.8 Å². The number of hydrazine groups is 1. The van der Waals surface area contributed by atoms with Gasteiger partial charge in [0, 0.05) is 18.2 Å². The van der Waals surface area contributed by atoms with E-state index in [1.807, 2.05) is 13.8 Å². The SMILES string of the molecule is CC.CC1(C)OCC2OC(C(=O)O)CC(N(N)/C=C(\N)c3cc(F)c(F)c(F)c3)C2O1. The Morgan fingerprint density at radius 1 is 1.26 bits per heavy atom. The van der Waals surface area contributed by atoms with Crippen molar-refractivity contribution in [3.8, 4) is 0 Å². The lowest BCUT2D eigenvalue weighted by Gasteiger charge is -2.49. The van der Waals surface area contributed by atoms with Crippen molar-refractivity contribution in [2.24, 2.45) is 11.6 Å². The van der Waals surface area contributed by atoms with Crippen molar-refractivity contribution >= 4 is 11.7 Å². The highest BCUT2D eigenvalue weighted by Crippen LogP contribution is 2.34. The summed E-state index contributed by atoms with van der Waals surface area (Å²) in [7, 11) is 0. The molecule has 2 aliphatic rings. The molecule has 0 saturated carbocycles. The first-order valence-electron chi connectivity index (χ1n) is 9.84. The molecule has 2 fully saturated rings. The Labute approximate surface area is 178 Å². The fourth-order valence-electron chi connectivity index (χ4n) is 3.38. The number of carbonyl (C=O) groups is 1. The highest BCUT2D eigenvalue weighted by atomic mass is 19.2. The molecular weight excluding hydrogens is 419 g/mol. The van der Waals surface area contributed by atoms with Gasteiger partial charge in [0.05, 0.1) is 18.3 Å². The van der Waals surface area contributed by atoms with E-state index in [0.717, 1.165) is 17.1 Å². The molecule has 5 N–H and O–H groups in total. The Hall–Kier alpha value is -2.34. The second kappa shape index (κ2) is 9.86. The zero-order valence-electron chi connectivity index (χ0n) is 17.8. The van der Waals surface area contributed by atoms with Crippen LogP contribution < -0.4 is 11.6 Å². The van der Waals surface area contributed by atoms with Gasteiger partial charge in [0.2, 0.25) is 0 Å². The predicted octanol–water partition coefficient (Wildman–Crippen LogP) is 2.33. The molecule has 4 atom stereocenters. The molecule has 174 valence electrons. The topological polar surface area (TPSA) is 120 Å². The van der Waals surface area contributed by atoms with Crippen LogP contribution in [0.3, 0.4) is 0 Å². The lowest BCUT2D eigenvalue weighted by molar-refractivity contribution is -0.335. The quantitative estimate of drug-likeness (QED) is 0.365. The van der Waals surface area contributed by atoms with Gasteiger partial charge in [-0.3, -0.25) is 0 Å². The smallest absolute Gasteiger partial charge is 0.332 e. The minimum absolute atomic E-state index is 0.0288. The van der Waals surface area contributed by atoms with E-state index in [0.29, 0.717) is 0 Å². The normalized spacial score (nSPS) is 27.5. The van der Waals surface area contributed by atoms with Crippen molar-refractivity contribution in [3.05, 3.63) is 41.3 Å². The van der Waals surface area contributed by atoms with Crippen molar-refractivity contribution in [3.63, 3.8) is 0 Å². The van der Waals surface area contributed by atoms with Crippen molar-refractivity contribution in [2.45, 2.75) is 64.3 Å². The third-order valence-electron chi connectivity index (χ3n) is 4.82. The van der Waals surface area contributed by atoms with E-state index in [-0.39, 0.29) is 24.3 Å². The number of nitrogens with zero attached hydrogens (tertiary/aromatic N) is 1. The van der Waals surface area contributed by atoms with Gasteiger partial charge in [-0.2, -0.15) is 0 Å². The first kappa shape index (κ1) is 24.9. The second-order valence-corrected chi connectivity index (χ2v) is 7.38. The Bertz CT molecular complexity index is 813. The van der Waals surface area contributed by atoms with Gasteiger partial charge in [0.15, 0.2) is 29.3 Å². The first-order chi connectivity index (χ1) is 14.5. The van der Waals surface area contributed by atoms with Crippen molar-refractivity contribution in [1.29, 1.82) is 0 Å². The van der Waals surface area contributed by atoms with Crippen molar-refractivity contribution in [2.75, 3.05) is 6.61 Å². The molecule has 8 nitrogen and oxygen atoms in total. The summed E-state index contributed by atoms with van der Waals surface area (Å²) in [5.74, 6) is -0.428. The van der Waals surface area contributed by atoms with Gasteiger partial charge in [-0.05, 0) is 26.0 Å². The van der Waals surface area contributed by atoms with Gasteiger partial charge in [0.25, 0.3) is 0 Å². The summed E-state index contributed by atoms with van der Waals surface area (Å²) in [5.41, 5.74) is 5.61. The van der Waals surface area contributed by atoms with E-state index >= 15 is 0 Å². The van der Waals surface area contributed by atoms with Crippen LogP contribution in [0.5, 0.6) is 0 Å². The van der Waals surface area contributed by atoms with Crippen LogP contribution in [0.4, 0.5) is 13.2 Å². The maximum atomic E-state index is 13.5. The van der Waals surface area contributed by atoms with Crippen LogP contribution >= 0.6 is 0 Å². The van der Waals surface area contributed by atoms with E-state index in [4.69, 9.17) is 25.8 Å². The third-order valence-corrected chi connectivity index (χ3v) is 4.82. The summed E-state index contributed by atoms with van der Waals surface area (Å²) < 4.78 is 57.1. The summed E-state index contributed by atoms with van der Waals surface area (Å²) in [4.78, 5) is 11.5. The zero-order valence-corrected chi connectivity index (χ0v) is 17.8. The molecule has 2 aliphatic heterocycles. The van der Waals surface area contributed by atoms with Crippen LogP contribution in [0.2, 0.25) is 0 Å². The molecule has 31 heavy (non-hydrogen) atoms. The highest BCUT2D eigenvalue weighted by Gasteiger charge is 2.49. The molecule has 11 heteroatoms. The molecule has 4 unspecified atom stereocenters. The van der Waals surface area contributed by atoms with Gasteiger partial charge in [-0.15, -0.1) is 0 Å². The van der Waals surface area contributed by atoms with E-state index in [9.17, 15) is 23.1 Å². The van der Waals surface area contributed by atoms with E-state index < -0.39 is 53.6 Å². The average Bonchev–Trinajstić information content (AvgIpc) is 2.71. The summed E-state index contributed by atoms with van der Waals surface area (Å²) in [6.45, 7) is 7.48. The average molecular weight is 447 g/mol. The van der Waals surface area contributed by atoms with Crippen molar-refractivity contribution < 1.29 is 37.3 Å². The van der Waals surface area contributed by atoms with E-state index in [2.05, 4.69) is 0 Å². The lowest BCUT2D eigenvalue weighted by Crippen LogP contribution is -2.64. The molecule has 0 bridgehead atoms. The molecule has 2 heterocycles. The Kier molecular flexibility index (Phi) is 7.93. The predicted molar refractivity (Wildman–Crippen MR) is 105 cm³/mol. The monoisotopic (exact) mass is 447 g/mol. The number of hydrogen-bond donors (Lipinski definition) is 3. The maximum Gasteiger partial charge on any atom is 0.332 e. The molecule has 0 aromatic heterocycles. The van der Waals surface area contributed by atoms with Gasteiger partial charge >= 0.3 is 5.97 Å². The van der Waals surface area contributed by atoms with Gasteiger partial charge in [-0.1, -0.05) is 13.8 Å². The number of rotatable bonds is 4. The van der Waals surface area contributed by atoms with E-state index in [1.54, 1.807) is 13.8 Å². The summed E-state index contributed by atoms with van der Waals surface area (Å²) in [6.07, 6.45) is -1.34. The minimum Gasteiger partial charge on any atom is -0.479 e. The number of carboxylic acid groups (broad SMARTS) is 1. The number of ether oxygens (including phenoxy) is 3. The first-order valence-corrected chi connectivity index (χ1v) is 9.84. The number of hydrogen-bond acceptors (Lipinski definition) is 7. The van der Waals surface area contributed by atoms with Crippen LogP contribution in [0.1, 0.15) is 39.7 Å².